The fourth-order valence-electron chi connectivity index (χ4n) is 1.08. The van der Waals surface area contributed by atoms with Gasteiger partial charge < -0.3 is 9.73 Å². The standard InChI is InChI=1S/C10H14BrNO2/c1-8(11)3-2-5-12-10(13)9-4-6-14-7-9/h4,6-8H,2-3,5H2,1H3,(H,12,13). The fourth-order valence-corrected chi connectivity index (χ4v) is 1.40. The van der Waals surface area contributed by atoms with Crippen LogP contribution in [0, 0.1) is 0 Å². The molecule has 14 heavy (non-hydrogen) atoms. The average Bonchev–Trinajstić information content (AvgIpc) is 2.64. The maximum absolute atomic E-state index is 11.4. The molecule has 0 bridgehead atoms. The molecule has 1 rings (SSSR count). The van der Waals surface area contributed by atoms with Crippen molar-refractivity contribution in [3.05, 3.63) is 24.2 Å². The fraction of sp³-hybridized carbons (Fsp3) is 0.500. The number of alkyl halides is 1. The number of amides is 1. The van der Waals surface area contributed by atoms with Crippen molar-refractivity contribution in [2.24, 2.45) is 0 Å². The molecule has 3 nitrogen and oxygen atoms in total. The molecule has 0 spiro atoms. The number of hydrogen-bond acceptors (Lipinski definition) is 2. The summed E-state index contributed by atoms with van der Waals surface area (Å²) in [6, 6.07) is 1.66. The monoisotopic (exact) mass is 259 g/mol. The topological polar surface area (TPSA) is 42.2 Å². The summed E-state index contributed by atoms with van der Waals surface area (Å²) in [5.41, 5.74) is 0.580. The summed E-state index contributed by atoms with van der Waals surface area (Å²) in [5.74, 6) is -0.0685. The van der Waals surface area contributed by atoms with E-state index in [2.05, 4.69) is 28.2 Å². The van der Waals surface area contributed by atoms with E-state index in [4.69, 9.17) is 4.42 Å². The smallest absolute Gasteiger partial charge is 0.254 e. The van der Waals surface area contributed by atoms with Gasteiger partial charge in [-0.1, -0.05) is 22.9 Å². The third-order valence-electron chi connectivity index (χ3n) is 1.85. The number of furan rings is 1. The Bertz CT molecular complexity index is 270. The van der Waals surface area contributed by atoms with Crippen LogP contribution < -0.4 is 5.32 Å². The van der Waals surface area contributed by atoms with Crippen LogP contribution in [-0.2, 0) is 0 Å². The quantitative estimate of drug-likeness (QED) is 0.653. The van der Waals surface area contributed by atoms with E-state index in [1.54, 1.807) is 6.07 Å². The van der Waals surface area contributed by atoms with E-state index in [0.717, 1.165) is 12.8 Å². The van der Waals surface area contributed by atoms with Crippen molar-refractivity contribution < 1.29 is 9.21 Å². The highest BCUT2D eigenvalue weighted by Crippen LogP contribution is 2.05. The zero-order valence-corrected chi connectivity index (χ0v) is 9.71. The Hall–Kier alpha value is -0.770. The maximum Gasteiger partial charge on any atom is 0.254 e. The Kier molecular flexibility index (Phi) is 4.73. The van der Waals surface area contributed by atoms with Gasteiger partial charge in [-0.2, -0.15) is 0 Å². The highest BCUT2D eigenvalue weighted by Gasteiger charge is 2.05. The second kappa shape index (κ2) is 5.86. The number of carbonyl (C=O) groups excluding carboxylic acids is 1. The SMILES string of the molecule is CC(Br)CCCNC(=O)c1ccoc1. The van der Waals surface area contributed by atoms with Gasteiger partial charge in [0.25, 0.3) is 5.91 Å². The Morgan fingerprint density at radius 2 is 2.50 bits per heavy atom. The summed E-state index contributed by atoms with van der Waals surface area (Å²) >= 11 is 3.45. The van der Waals surface area contributed by atoms with Gasteiger partial charge in [0.15, 0.2) is 0 Å². The Morgan fingerprint density at radius 3 is 3.07 bits per heavy atom. The first kappa shape index (κ1) is 11.3. The van der Waals surface area contributed by atoms with E-state index < -0.39 is 0 Å². The molecule has 1 atom stereocenters. The lowest BCUT2D eigenvalue weighted by Gasteiger charge is -2.04. The van der Waals surface area contributed by atoms with Crippen molar-refractivity contribution in [3.63, 3.8) is 0 Å². The van der Waals surface area contributed by atoms with Crippen LogP contribution in [0.4, 0.5) is 0 Å². The van der Waals surface area contributed by atoms with Crippen molar-refractivity contribution in [3.8, 4) is 0 Å². The normalized spacial score (nSPS) is 12.4. The zero-order valence-electron chi connectivity index (χ0n) is 8.13. The van der Waals surface area contributed by atoms with E-state index in [1.807, 2.05) is 0 Å². The van der Waals surface area contributed by atoms with E-state index in [1.165, 1.54) is 12.5 Å². The third-order valence-corrected chi connectivity index (χ3v) is 2.31. The molecule has 0 saturated heterocycles. The number of hydrogen-bond donors (Lipinski definition) is 1. The Morgan fingerprint density at radius 1 is 1.71 bits per heavy atom. The average molecular weight is 260 g/mol. The van der Waals surface area contributed by atoms with Crippen molar-refractivity contribution in [2.45, 2.75) is 24.6 Å². The molecule has 1 aromatic heterocycles. The second-order valence-electron chi connectivity index (χ2n) is 3.19. The lowest BCUT2D eigenvalue weighted by molar-refractivity contribution is 0.0952. The van der Waals surface area contributed by atoms with Crippen molar-refractivity contribution in [1.82, 2.24) is 5.32 Å². The predicted molar refractivity (Wildman–Crippen MR) is 58.7 cm³/mol. The predicted octanol–water partition coefficient (Wildman–Crippen LogP) is 2.57. The van der Waals surface area contributed by atoms with Gasteiger partial charge in [0.2, 0.25) is 0 Å². The molecule has 1 unspecified atom stereocenters. The van der Waals surface area contributed by atoms with Gasteiger partial charge in [-0.25, -0.2) is 0 Å². The molecular formula is C10H14BrNO2. The van der Waals surface area contributed by atoms with Crippen LogP contribution in [0.15, 0.2) is 23.0 Å². The molecule has 0 saturated carbocycles. The molecular weight excluding hydrogens is 246 g/mol. The number of halogens is 1. The van der Waals surface area contributed by atoms with Crippen molar-refractivity contribution in [2.75, 3.05) is 6.54 Å². The molecule has 0 aromatic carbocycles. The Labute approximate surface area is 92.0 Å². The first-order valence-corrected chi connectivity index (χ1v) is 5.56. The number of rotatable bonds is 5. The van der Waals surface area contributed by atoms with Crippen LogP contribution in [0.5, 0.6) is 0 Å². The molecule has 0 radical (unpaired) electrons. The maximum atomic E-state index is 11.4. The summed E-state index contributed by atoms with van der Waals surface area (Å²) in [5, 5.41) is 2.82. The van der Waals surface area contributed by atoms with E-state index >= 15 is 0 Å². The summed E-state index contributed by atoms with van der Waals surface area (Å²) in [4.78, 5) is 11.9. The number of nitrogens with one attached hydrogen (secondary N) is 1. The minimum absolute atomic E-state index is 0.0685. The molecule has 4 heteroatoms. The first-order chi connectivity index (χ1) is 6.70. The minimum Gasteiger partial charge on any atom is -0.472 e. The minimum atomic E-state index is -0.0685. The molecule has 0 fully saturated rings. The highest BCUT2D eigenvalue weighted by atomic mass is 79.9. The molecule has 0 aliphatic carbocycles. The van der Waals surface area contributed by atoms with Crippen LogP contribution in [0.2, 0.25) is 0 Å². The molecule has 0 aliphatic heterocycles. The van der Waals surface area contributed by atoms with Crippen LogP contribution >= 0.6 is 15.9 Å². The van der Waals surface area contributed by atoms with Gasteiger partial charge in [0.05, 0.1) is 11.8 Å². The molecule has 78 valence electrons. The van der Waals surface area contributed by atoms with Crippen LogP contribution in [-0.4, -0.2) is 17.3 Å². The number of carbonyl (C=O) groups is 1. The van der Waals surface area contributed by atoms with E-state index in [-0.39, 0.29) is 5.91 Å². The van der Waals surface area contributed by atoms with Gasteiger partial charge in [-0.15, -0.1) is 0 Å². The molecule has 1 heterocycles. The van der Waals surface area contributed by atoms with E-state index in [0.29, 0.717) is 16.9 Å². The lowest BCUT2D eigenvalue weighted by Crippen LogP contribution is -2.24. The van der Waals surface area contributed by atoms with E-state index in [9.17, 15) is 4.79 Å². The lowest BCUT2D eigenvalue weighted by atomic mass is 10.2. The molecule has 1 amide bonds. The van der Waals surface area contributed by atoms with Crippen LogP contribution in [0.1, 0.15) is 30.1 Å². The molecule has 1 aromatic rings. The van der Waals surface area contributed by atoms with Gasteiger partial charge in [0, 0.05) is 11.4 Å². The third kappa shape index (κ3) is 3.96. The van der Waals surface area contributed by atoms with Gasteiger partial charge in [-0.05, 0) is 18.9 Å². The molecule has 0 aliphatic rings. The summed E-state index contributed by atoms with van der Waals surface area (Å²) in [6.07, 6.45) is 4.99. The van der Waals surface area contributed by atoms with Crippen molar-refractivity contribution >= 4 is 21.8 Å². The summed E-state index contributed by atoms with van der Waals surface area (Å²) in [6.45, 7) is 2.80. The van der Waals surface area contributed by atoms with Crippen molar-refractivity contribution in [1.29, 1.82) is 0 Å². The zero-order chi connectivity index (χ0) is 10.4. The van der Waals surface area contributed by atoms with Crippen LogP contribution in [0.25, 0.3) is 0 Å². The summed E-state index contributed by atoms with van der Waals surface area (Å²) in [7, 11) is 0. The summed E-state index contributed by atoms with van der Waals surface area (Å²) < 4.78 is 4.81. The Balaban J connectivity index is 2.16. The van der Waals surface area contributed by atoms with Gasteiger partial charge in [0.1, 0.15) is 6.26 Å². The van der Waals surface area contributed by atoms with Gasteiger partial charge >= 0.3 is 0 Å². The molecule has 1 N–H and O–H groups in total. The highest BCUT2D eigenvalue weighted by molar-refractivity contribution is 9.09. The second-order valence-corrected chi connectivity index (χ2v) is 4.75. The van der Waals surface area contributed by atoms with Gasteiger partial charge in [-0.3, -0.25) is 4.79 Å². The van der Waals surface area contributed by atoms with Crippen LogP contribution in [0.3, 0.4) is 0 Å². The largest absolute Gasteiger partial charge is 0.472 e. The first-order valence-electron chi connectivity index (χ1n) is 4.64.